The first kappa shape index (κ1) is 16.1. The first-order valence-electron chi connectivity index (χ1n) is 7.85. The van der Waals surface area contributed by atoms with Crippen molar-refractivity contribution in [1.29, 1.82) is 0 Å². The van der Waals surface area contributed by atoms with Crippen molar-refractivity contribution < 1.29 is 14.6 Å². The van der Waals surface area contributed by atoms with E-state index in [0.717, 1.165) is 24.3 Å². The first-order chi connectivity index (χ1) is 10.2. The molecule has 1 fully saturated rings. The zero-order valence-electron chi connectivity index (χ0n) is 13.1. The van der Waals surface area contributed by atoms with Crippen LogP contribution in [-0.4, -0.2) is 32.0 Å². The summed E-state index contributed by atoms with van der Waals surface area (Å²) in [6.45, 7) is 1.12. The van der Waals surface area contributed by atoms with Gasteiger partial charge in [0.25, 0.3) is 0 Å². The van der Waals surface area contributed by atoms with Gasteiger partial charge in [-0.05, 0) is 37.1 Å². The van der Waals surface area contributed by atoms with E-state index in [9.17, 15) is 5.11 Å². The van der Waals surface area contributed by atoms with E-state index in [1.54, 1.807) is 7.11 Å². The molecule has 0 spiro atoms. The van der Waals surface area contributed by atoms with Crippen LogP contribution in [0.25, 0.3) is 0 Å². The molecule has 1 aromatic carbocycles. The van der Waals surface area contributed by atoms with Crippen molar-refractivity contribution in [3.05, 3.63) is 23.8 Å². The van der Waals surface area contributed by atoms with Gasteiger partial charge < -0.3 is 19.9 Å². The smallest absolute Gasteiger partial charge is 0.161 e. The van der Waals surface area contributed by atoms with Gasteiger partial charge in [0.2, 0.25) is 0 Å². The van der Waals surface area contributed by atoms with E-state index >= 15 is 0 Å². The van der Waals surface area contributed by atoms with Crippen LogP contribution in [0.2, 0.25) is 0 Å². The summed E-state index contributed by atoms with van der Waals surface area (Å²) in [4.78, 5) is 0. The van der Waals surface area contributed by atoms with Gasteiger partial charge in [0.1, 0.15) is 6.61 Å². The third-order valence-electron chi connectivity index (χ3n) is 4.12. The van der Waals surface area contributed by atoms with Crippen molar-refractivity contribution >= 4 is 0 Å². The Bertz CT molecular complexity index is 430. The topological polar surface area (TPSA) is 50.7 Å². The van der Waals surface area contributed by atoms with Gasteiger partial charge in [-0.15, -0.1) is 0 Å². The summed E-state index contributed by atoms with van der Waals surface area (Å²) in [6.07, 6.45) is 5.56. The summed E-state index contributed by atoms with van der Waals surface area (Å²) in [5, 5.41) is 13.2. The van der Waals surface area contributed by atoms with Crippen LogP contribution >= 0.6 is 0 Å². The highest BCUT2D eigenvalue weighted by atomic mass is 16.5. The zero-order chi connectivity index (χ0) is 15.1. The van der Waals surface area contributed by atoms with Crippen molar-refractivity contribution in [1.82, 2.24) is 5.32 Å². The van der Waals surface area contributed by atoms with Gasteiger partial charge >= 0.3 is 0 Å². The predicted molar refractivity (Wildman–Crippen MR) is 83.8 cm³/mol. The summed E-state index contributed by atoms with van der Waals surface area (Å²) >= 11 is 0. The highest BCUT2D eigenvalue weighted by Gasteiger charge is 2.19. The maximum absolute atomic E-state index is 10.1. The minimum atomic E-state index is -0.394. The van der Waals surface area contributed by atoms with Gasteiger partial charge in [-0.1, -0.05) is 31.7 Å². The SMILES string of the molecule is CNCc1ccc(OCC(O)CC2CCCC2)c(OC)c1. The highest BCUT2D eigenvalue weighted by Crippen LogP contribution is 2.30. The lowest BCUT2D eigenvalue weighted by molar-refractivity contribution is 0.0842. The summed E-state index contributed by atoms with van der Waals surface area (Å²) < 4.78 is 11.1. The fraction of sp³-hybridized carbons (Fsp3) is 0.647. The molecule has 118 valence electrons. The number of hydrogen-bond acceptors (Lipinski definition) is 4. The molecule has 2 N–H and O–H groups in total. The molecule has 0 saturated heterocycles. The average Bonchev–Trinajstić information content (AvgIpc) is 2.99. The van der Waals surface area contributed by atoms with Crippen molar-refractivity contribution in [2.24, 2.45) is 5.92 Å². The fourth-order valence-electron chi connectivity index (χ4n) is 3.03. The van der Waals surface area contributed by atoms with E-state index in [4.69, 9.17) is 9.47 Å². The van der Waals surface area contributed by atoms with Crippen molar-refractivity contribution in [3.63, 3.8) is 0 Å². The lowest BCUT2D eigenvalue weighted by Crippen LogP contribution is -2.20. The van der Waals surface area contributed by atoms with Crippen LogP contribution in [0, 0.1) is 5.92 Å². The second kappa shape index (κ2) is 8.25. The predicted octanol–water partition coefficient (Wildman–Crippen LogP) is 2.73. The van der Waals surface area contributed by atoms with Crippen LogP contribution in [0.3, 0.4) is 0 Å². The van der Waals surface area contributed by atoms with E-state index < -0.39 is 6.10 Å². The zero-order valence-corrected chi connectivity index (χ0v) is 13.1. The van der Waals surface area contributed by atoms with Gasteiger partial charge in [-0.3, -0.25) is 0 Å². The van der Waals surface area contributed by atoms with E-state index in [1.165, 1.54) is 25.7 Å². The van der Waals surface area contributed by atoms with Crippen LogP contribution in [0.15, 0.2) is 18.2 Å². The van der Waals surface area contributed by atoms with E-state index in [2.05, 4.69) is 5.32 Å². The highest BCUT2D eigenvalue weighted by molar-refractivity contribution is 5.42. The molecule has 0 aliphatic heterocycles. The molecule has 1 aliphatic rings. The summed E-state index contributed by atoms with van der Waals surface area (Å²) in [6, 6.07) is 5.89. The Morgan fingerprint density at radius 2 is 2.05 bits per heavy atom. The monoisotopic (exact) mass is 293 g/mol. The van der Waals surface area contributed by atoms with Gasteiger partial charge in [0.15, 0.2) is 11.5 Å². The lowest BCUT2D eigenvalue weighted by Gasteiger charge is -2.17. The molecule has 0 amide bonds. The number of hydrogen-bond donors (Lipinski definition) is 2. The molecule has 0 aromatic heterocycles. The first-order valence-corrected chi connectivity index (χ1v) is 7.85. The van der Waals surface area contributed by atoms with Crippen molar-refractivity contribution in [2.75, 3.05) is 20.8 Å². The fourth-order valence-corrected chi connectivity index (χ4v) is 3.03. The minimum absolute atomic E-state index is 0.332. The van der Waals surface area contributed by atoms with E-state index in [1.807, 2.05) is 25.2 Å². The third kappa shape index (κ3) is 4.90. The average molecular weight is 293 g/mol. The number of aliphatic hydroxyl groups excluding tert-OH is 1. The molecule has 4 nitrogen and oxygen atoms in total. The Morgan fingerprint density at radius 1 is 1.29 bits per heavy atom. The van der Waals surface area contributed by atoms with Crippen molar-refractivity contribution in [3.8, 4) is 11.5 Å². The molecule has 1 atom stereocenters. The van der Waals surface area contributed by atoms with Crippen LogP contribution in [0.5, 0.6) is 11.5 Å². The Labute approximate surface area is 127 Å². The Kier molecular flexibility index (Phi) is 6.33. The number of methoxy groups -OCH3 is 1. The van der Waals surface area contributed by atoms with Gasteiger partial charge in [-0.2, -0.15) is 0 Å². The molecule has 0 bridgehead atoms. The quantitative estimate of drug-likeness (QED) is 0.774. The van der Waals surface area contributed by atoms with Gasteiger partial charge in [0, 0.05) is 6.54 Å². The molecule has 1 aliphatic carbocycles. The molecule has 1 unspecified atom stereocenters. The largest absolute Gasteiger partial charge is 0.493 e. The maximum Gasteiger partial charge on any atom is 0.161 e. The molecule has 1 saturated carbocycles. The molecule has 2 rings (SSSR count). The summed E-state index contributed by atoms with van der Waals surface area (Å²) in [7, 11) is 3.55. The van der Waals surface area contributed by atoms with Gasteiger partial charge in [-0.25, -0.2) is 0 Å². The molecule has 4 heteroatoms. The summed E-state index contributed by atoms with van der Waals surface area (Å²) in [5.74, 6) is 2.09. The van der Waals surface area contributed by atoms with Crippen LogP contribution < -0.4 is 14.8 Å². The summed E-state index contributed by atoms with van der Waals surface area (Å²) in [5.41, 5.74) is 1.15. The second-order valence-electron chi connectivity index (χ2n) is 5.87. The van der Waals surface area contributed by atoms with E-state index in [0.29, 0.717) is 18.3 Å². The van der Waals surface area contributed by atoms with Gasteiger partial charge in [0.05, 0.1) is 13.2 Å². The second-order valence-corrected chi connectivity index (χ2v) is 5.87. The molecule has 21 heavy (non-hydrogen) atoms. The van der Waals surface area contributed by atoms with Crippen LogP contribution in [0.4, 0.5) is 0 Å². The van der Waals surface area contributed by atoms with Crippen molar-refractivity contribution in [2.45, 2.75) is 44.8 Å². The number of rotatable bonds is 8. The normalized spacial score (nSPS) is 16.9. The number of aliphatic hydroxyl groups is 1. The molecular weight excluding hydrogens is 266 g/mol. The Morgan fingerprint density at radius 3 is 2.71 bits per heavy atom. The molecule has 0 heterocycles. The third-order valence-corrected chi connectivity index (χ3v) is 4.12. The minimum Gasteiger partial charge on any atom is -0.493 e. The van der Waals surface area contributed by atoms with E-state index in [-0.39, 0.29) is 0 Å². The van der Waals surface area contributed by atoms with Crippen LogP contribution in [-0.2, 0) is 6.54 Å². The van der Waals surface area contributed by atoms with Crippen LogP contribution in [0.1, 0.15) is 37.7 Å². The standard InChI is InChI=1S/C17H27NO3/c1-18-11-14-7-8-16(17(10-14)20-2)21-12-15(19)9-13-5-3-4-6-13/h7-8,10,13,15,18-19H,3-6,9,11-12H2,1-2H3. The number of benzene rings is 1. The Hall–Kier alpha value is -1.26. The molecule has 0 radical (unpaired) electrons. The molecule has 1 aromatic rings. The number of nitrogens with one attached hydrogen (secondary N) is 1. The number of ether oxygens (including phenoxy) is 2. The maximum atomic E-state index is 10.1. The Balaban J connectivity index is 1.86. The lowest BCUT2D eigenvalue weighted by atomic mass is 10.0. The molecular formula is C17H27NO3.